The number of aryl methyl sites for hydroxylation is 1. The Morgan fingerprint density at radius 2 is 1.68 bits per heavy atom. The van der Waals surface area contributed by atoms with E-state index in [0.29, 0.717) is 11.6 Å². The molecule has 1 aromatic heterocycles. The largest absolute Gasteiger partial charge is 0.423 e. The van der Waals surface area contributed by atoms with Crippen molar-refractivity contribution in [2.75, 3.05) is 25.0 Å². The van der Waals surface area contributed by atoms with E-state index in [1.54, 1.807) is 6.07 Å². The smallest absolute Gasteiger partial charge is 0.338 e. The molecular formula is C30H30N2O2. The van der Waals surface area contributed by atoms with Crippen molar-refractivity contribution >= 4 is 22.7 Å². The summed E-state index contributed by atoms with van der Waals surface area (Å²) in [5, 5.41) is 4.60. The highest BCUT2D eigenvalue weighted by atomic mass is 16.4. The fourth-order valence-corrected chi connectivity index (χ4v) is 4.59. The zero-order valence-electron chi connectivity index (χ0n) is 19.5. The van der Waals surface area contributed by atoms with E-state index in [4.69, 9.17) is 4.42 Å². The molecule has 4 nitrogen and oxygen atoms in total. The molecule has 0 spiro atoms. The molecule has 0 radical (unpaired) electrons. The molecule has 172 valence electrons. The highest BCUT2D eigenvalue weighted by molar-refractivity contribution is 5.93. The first-order valence-electron chi connectivity index (χ1n) is 12.0. The number of likely N-dealkylation sites (tertiary alicyclic amines) is 1. The minimum atomic E-state index is -0.318. The Bertz CT molecular complexity index is 1330. The van der Waals surface area contributed by atoms with Crippen LogP contribution in [0.4, 0.5) is 5.69 Å². The van der Waals surface area contributed by atoms with Crippen LogP contribution in [0.3, 0.4) is 0 Å². The molecule has 3 aromatic carbocycles. The van der Waals surface area contributed by atoms with Crippen molar-refractivity contribution in [1.82, 2.24) is 4.90 Å². The van der Waals surface area contributed by atoms with Gasteiger partial charge in [0.1, 0.15) is 5.58 Å². The lowest BCUT2D eigenvalue weighted by Gasteiger charge is -2.32. The number of rotatable bonds is 6. The Morgan fingerprint density at radius 1 is 0.941 bits per heavy atom. The Balaban J connectivity index is 1.27. The Kier molecular flexibility index (Phi) is 6.59. The van der Waals surface area contributed by atoms with Crippen LogP contribution in [0, 0.1) is 6.92 Å². The monoisotopic (exact) mass is 450 g/mol. The normalized spacial score (nSPS) is 15.2. The van der Waals surface area contributed by atoms with Crippen molar-refractivity contribution in [1.29, 1.82) is 0 Å². The maximum atomic E-state index is 12.2. The van der Waals surface area contributed by atoms with Crippen LogP contribution in [-0.4, -0.2) is 30.6 Å². The van der Waals surface area contributed by atoms with Gasteiger partial charge in [0.05, 0.1) is 5.69 Å². The molecule has 1 aliphatic heterocycles. The predicted octanol–water partition coefficient (Wildman–Crippen LogP) is 6.36. The van der Waals surface area contributed by atoms with Gasteiger partial charge in [-0.05, 0) is 48.6 Å². The van der Waals surface area contributed by atoms with Gasteiger partial charge in [-0.2, -0.15) is 0 Å². The summed E-state index contributed by atoms with van der Waals surface area (Å²) in [4.78, 5) is 14.7. The second kappa shape index (κ2) is 10.1. The van der Waals surface area contributed by atoms with E-state index >= 15 is 0 Å². The third kappa shape index (κ3) is 5.29. The Labute approximate surface area is 200 Å². The fourth-order valence-electron chi connectivity index (χ4n) is 4.59. The molecule has 1 N–H and O–H groups in total. The third-order valence-corrected chi connectivity index (χ3v) is 6.55. The van der Waals surface area contributed by atoms with Gasteiger partial charge in [-0.3, -0.25) is 4.90 Å². The van der Waals surface area contributed by atoms with E-state index < -0.39 is 0 Å². The molecule has 4 heteroatoms. The number of fused-ring (bicyclic) bond motifs is 1. The number of benzene rings is 3. The maximum Gasteiger partial charge on any atom is 0.338 e. The van der Waals surface area contributed by atoms with Crippen LogP contribution in [0.15, 0.2) is 94.2 Å². The van der Waals surface area contributed by atoms with Gasteiger partial charge in [-0.1, -0.05) is 78.4 Å². The maximum absolute atomic E-state index is 12.2. The molecule has 1 fully saturated rings. The summed E-state index contributed by atoms with van der Waals surface area (Å²) < 4.78 is 5.49. The SMILES string of the molecule is Cc1ccc(-c2ccc3oc(=O)cc(NC4CCN(C/C=C/c5ccccc5)CC4)c3c2)cc1. The molecule has 0 bridgehead atoms. The first kappa shape index (κ1) is 22.2. The molecule has 0 amide bonds. The van der Waals surface area contributed by atoms with Gasteiger partial charge in [0.2, 0.25) is 0 Å². The number of hydrogen-bond acceptors (Lipinski definition) is 4. The molecule has 4 aromatic rings. The topological polar surface area (TPSA) is 45.5 Å². The van der Waals surface area contributed by atoms with Crippen LogP contribution in [-0.2, 0) is 0 Å². The summed E-state index contributed by atoms with van der Waals surface area (Å²) in [6.07, 6.45) is 6.51. The van der Waals surface area contributed by atoms with Crippen molar-refractivity contribution < 1.29 is 4.42 Å². The third-order valence-electron chi connectivity index (χ3n) is 6.55. The minimum Gasteiger partial charge on any atom is -0.423 e. The predicted molar refractivity (Wildman–Crippen MR) is 141 cm³/mol. The molecule has 1 saturated heterocycles. The van der Waals surface area contributed by atoms with Crippen LogP contribution in [0.2, 0.25) is 0 Å². The highest BCUT2D eigenvalue weighted by Crippen LogP contribution is 2.29. The van der Waals surface area contributed by atoms with Crippen molar-refractivity contribution in [3.63, 3.8) is 0 Å². The van der Waals surface area contributed by atoms with Crippen molar-refractivity contribution in [2.45, 2.75) is 25.8 Å². The van der Waals surface area contributed by atoms with Gasteiger partial charge in [-0.15, -0.1) is 0 Å². The van der Waals surface area contributed by atoms with E-state index in [0.717, 1.165) is 54.7 Å². The molecule has 5 rings (SSSR count). The summed E-state index contributed by atoms with van der Waals surface area (Å²) in [7, 11) is 0. The zero-order chi connectivity index (χ0) is 23.3. The van der Waals surface area contributed by atoms with Gasteiger partial charge in [0, 0.05) is 37.1 Å². The second-order valence-electron chi connectivity index (χ2n) is 9.09. The number of nitrogens with zero attached hydrogens (tertiary/aromatic N) is 1. The molecule has 1 aliphatic rings. The lowest BCUT2D eigenvalue weighted by molar-refractivity contribution is 0.240. The molecule has 0 aliphatic carbocycles. The van der Waals surface area contributed by atoms with Gasteiger partial charge < -0.3 is 9.73 Å². The summed E-state index contributed by atoms with van der Waals surface area (Å²) in [5.41, 5.74) is 5.91. The van der Waals surface area contributed by atoms with Gasteiger partial charge in [0.15, 0.2) is 0 Å². The molecule has 0 atom stereocenters. The van der Waals surface area contributed by atoms with Gasteiger partial charge >= 0.3 is 5.63 Å². The second-order valence-corrected chi connectivity index (χ2v) is 9.09. The van der Waals surface area contributed by atoms with Crippen molar-refractivity contribution in [2.24, 2.45) is 0 Å². The van der Waals surface area contributed by atoms with E-state index in [1.807, 2.05) is 18.2 Å². The summed E-state index contributed by atoms with van der Waals surface area (Å²) in [5.74, 6) is 0. The number of piperidine rings is 1. The van der Waals surface area contributed by atoms with Crippen LogP contribution in [0.25, 0.3) is 28.2 Å². The van der Waals surface area contributed by atoms with Crippen LogP contribution >= 0.6 is 0 Å². The van der Waals surface area contributed by atoms with E-state index in [-0.39, 0.29) is 5.63 Å². The highest BCUT2D eigenvalue weighted by Gasteiger charge is 2.19. The number of anilines is 1. The molecule has 2 heterocycles. The van der Waals surface area contributed by atoms with E-state index in [1.165, 1.54) is 11.1 Å². The molecule has 0 saturated carbocycles. The minimum absolute atomic E-state index is 0.318. The number of nitrogens with one attached hydrogen (secondary N) is 1. The standard InChI is InChI=1S/C30H30N2O2/c1-22-9-11-24(12-10-22)25-13-14-29-27(20-25)28(21-30(33)34-29)31-26-15-18-32(19-16-26)17-5-8-23-6-3-2-4-7-23/h2-14,20-21,26,31H,15-19H2,1H3/b8-5+. The summed E-state index contributed by atoms with van der Waals surface area (Å²) in [6.45, 7) is 5.11. The Hall–Kier alpha value is -3.63. The first-order valence-corrected chi connectivity index (χ1v) is 12.0. The van der Waals surface area contributed by atoms with Crippen molar-refractivity contribution in [3.8, 4) is 11.1 Å². The lowest BCUT2D eigenvalue weighted by Crippen LogP contribution is -2.39. The molecule has 34 heavy (non-hydrogen) atoms. The molecular weight excluding hydrogens is 420 g/mol. The lowest BCUT2D eigenvalue weighted by atomic mass is 10.0. The summed E-state index contributed by atoms with van der Waals surface area (Å²) >= 11 is 0. The van der Waals surface area contributed by atoms with Crippen LogP contribution in [0.5, 0.6) is 0 Å². The Morgan fingerprint density at radius 3 is 2.44 bits per heavy atom. The van der Waals surface area contributed by atoms with Crippen LogP contribution in [0.1, 0.15) is 24.0 Å². The van der Waals surface area contributed by atoms with Gasteiger partial charge in [0.25, 0.3) is 0 Å². The van der Waals surface area contributed by atoms with Crippen molar-refractivity contribution in [3.05, 3.63) is 106 Å². The molecule has 0 unspecified atom stereocenters. The van der Waals surface area contributed by atoms with Gasteiger partial charge in [-0.25, -0.2) is 4.79 Å². The number of hydrogen-bond donors (Lipinski definition) is 1. The zero-order valence-corrected chi connectivity index (χ0v) is 19.5. The van der Waals surface area contributed by atoms with E-state index in [2.05, 4.69) is 83.9 Å². The quantitative estimate of drug-likeness (QED) is 0.347. The van der Waals surface area contributed by atoms with E-state index in [9.17, 15) is 4.79 Å². The fraction of sp³-hybridized carbons (Fsp3) is 0.233. The average Bonchev–Trinajstić information content (AvgIpc) is 2.86. The first-order chi connectivity index (χ1) is 16.6. The average molecular weight is 451 g/mol. The summed E-state index contributed by atoms with van der Waals surface area (Å²) in [6, 6.07) is 26.9. The van der Waals surface area contributed by atoms with Crippen LogP contribution < -0.4 is 10.9 Å².